The number of amides is 2. The average Bonchev–Trinajstić information content (AvgIpc) is 3.43. The van der Waals surface area contributed by atoms with E-state index in [1.165, 1.54) is 19.3 Å². The Bertz CT molecular complexity index is 988. The van der Waals surface area contributed by atoms with Crippen molar-refractivity contribution >= 4 is 11.8 Å². The number of nitrogens with zero attached hydrogens (tertiary/aromatic N) is 3. The predicted molar refractivity (Wildman–Crippen MR) is 138 cm³/mol. The highest BCUT2D eigenvalue weighted by atomic mass is 16.5. The van der Waals surface area contributed by atoms with Crippen molar-refractivity contribution in [2.24, 2.45) is 17.8 Å². The molecule has 1 aliphatic heterocycles. The van der Waals surface area contributed by atoms with Crippen LogP contribution in [0.1, 0.15) is 87.6 Å². The van der Waals surface area contributed by atoms with Gasteiger partial charge in [0.1, 0.15) is 11.7 Å². The molecule has 2 fully saturated rings. The third-order valence-corrected chi connectivity index (χ3v) is 8.08. The van der Waals surface area contributed by atoms with E-state index >= 15 is 0 Å². The Labute approximate surface area is 215 Å². The average molecular weight is 496 g/mol. The van der Waals surface area contributed by atoms with Gasteiger partial charge in [-0.05, 0) is 38.7 Å². The van der Waals surface area contributed by atoms with Gasteiger partial charge in [0.05, 0.1) is 19.2 Å². The number of hydrogen-bond acceptors (Lipinski definition) is 5. The summed E-state index contributed by atoms with van der Waals surface area (Å²) in [6.45, 7) is 4.59. The second-order valence-electron chi connectivity index (χ2n) is 11.0. The molecule has 4 rings (SSSR count). The summed E-state index contributed by atoms with van der Waals surface area (Å²) in [5, 5.41) is 9.87. The maximum atomic E-state index is 13.6. The van der Waals surface area contributed by atoms with Crippen LogP contribution in [-0.4, -0.2) is 70.6 Å². The van der Waals surface area contributed by atoms with E-state index in [4.69, 9.17) is 4.74 Å². The predicted octanol–water partition coefficient (Wildman–Crippen LogP) is 3.88. The number of aromatic nitrogens is 1. The summed E-state index contributed by atoms with van der Waals surface area (Å²) >= 11 is 0. The largest absolute Gasteiger partial charge is 0.472 e. The van der Waals surface area contributed by atoms with Crippen LogP contribution in [0, 0.1) is 29.6 Å². The molecule has 3 aliphatic rings. The van der Waals surface area contributed by atoms with E-state index in [0.29, 0.717) is 30.1 Å². The van der Waals surface area contributed by atoms with Crippen molar-refractivity contribution in [3.8, 4) is 17.7 Å². The molecule has 1 aromatic rings. The zero-order valence-corrected chi connectivity index (χ0v) is 22.0. The van der Waals surface area contributed by atoms with Crippen LogP contribution in [0.4, 0.5) is 0 Å². The molecule has 3 atom stereocenters. The number of rotatable bonds is 5. The van der Waals surface area contributed by atoms with E-state index in [1.54, 1.807) is 22.1 Å². The fraction of sp³-hybridized carbons (Fsp3) is 0.690. The van der Waals surface area contributed by atoms with Crippen molar-refractivity contribution in [3.63, 3.8) is 0 Å². The molecule has 196 valence electrons. The van der Waals surface area contributed by atoms with Gasteiger partial charge in [-0.15, -0.1) is 0 Å². The van der Waals surface area contributed by atoms with Gasteiger partial charge in [0.25, 0.3) is 5.91 Å². The van der Waals surface area contributed by atoms with Crippen molar-refractivity contribution in [1.29, 1.82) is 0 Å². The highest BCUT2D eigenvalue weighted by molar-refractivity contribution is 5.97. The first-order valence-corrected chi connectivity index (χ1v) is 13.7. The van der Waals surface area contributed by atoms with Crippen LogP contribution in [0.3, 0.4) is 0 Å². The molecule has 36 heavy (non-hydrogen) atoms. The summed E-state index contributed by atoms with van der Waals surface area (Å²) in [5.41, 5.74) is 1.07. The Morgan fingerprint density at radius 3 is 2.61 bits per heavy atom. The number of aliphatic hydroxyl groups excluding tert-OH is 1. The smallest absolute Gasteiger partial charge is 0.259 e. The van der Waals surface area contributed by atoms with E-state index in [-0.39, 0.29) is 48.3 Å². The molecule has 1 N–H and O–H groups in total. The maximum Gasteiger partial charge on any atom is 0.259 e. The first kappa shape index (κ1) is 26.5. The van der Waals surface area contributed by atoms with Gasteiger partial charge in [0.15, 0.2) is 0 Å². The molecular weight excluding hydrogens is 454 g/mol. The van der Waals surface area contributed by atoms with Crippen LogP contribution < -0.4 is 4.74 Å². The summed E-state index contributed by atoms with van der Waals surface area (Å²) in [6, 6.07) is 1.43. The Morgan fingerprint density at radius 1 is 1.22 bits per heavy atom. The van der Waals surface area contributed by atoms with Gasteiger partial charge in [-0.2, -0.15) is 0 Å². The number of likely N-dealkylation sites (N-methyl/N-ethyl adjacent to an activating group) is 1. The lowest BCUT2D eigenvalue weighted by Gasteiger charge is -2.38. The van der Waals surface area contributed by atoms with Crippen molar-refractivity contribution in [3.05, 3.63) is 23.4 Å². The molecule has 2 aliphatic carbocycles. The highest BCUT2D eigenvalue weighted by Crippen LogP contribution is 2.29. The van der Waals surface area contributed by atoms with Crippen LogP contribution in [0.25, 0.3) is 0 Å². The molecule has 2 saturated carbocycles. The van der Waals surface area contributed by atoms with Crippen molar-refractivity contribution in [1.82, 2.24) is 14.8 Å². The van der Waals surface area contributed by atoms with Gasteiger partial charge < -0.3 is 19.6 Å². The van der Waals surface area contributed by atoms with Crippen LogP contribution in [0.2, 0.25) is 0 Å². The van der Waals surface area contributed by atoms with Gasteiger partial charge in [0, 0.05) is 43.1 Å². The lowest BCUT2D eigenvalue weighted by atomic mass is 9.88. The fourth-order valence-corrected chi connectivity index (χ4v) is 5.67. The molecule has 2 heterocycles. The number of hydrogen-bond donors (Lipinski definition) is 1. The van der Waals surface area contributed by atoms with Crippen molar-refractivity contribution in [2.45, 2.75) is 83.8 Å². The second-order valence-corrected chi connectivity index (χ2v) is 11.0. The Hall–Kier alpha value is -2.59. The minimum Gasteiger partial charge on any atom is -0.472 e. The van der Waals surface area contributed by atoms with E-state index in [0.717, 1.165) is 38.5 Å². The van der Waals surface area contributed by atoms with Crippen molar-refractivity contribution in [2.75, 3.05) is 26.7 Å². The zero-order valence-electron chi connectivity index (χ0n) is 22.0. The third-order valence-electron chi connectivity index (χ3n) is 8.08. The van der Waals surface area contributed by atoms with Gasteiger partial charge in [-0.25, -0.2) is 4.98 Å². The number of carbonyl (C=O) groups is 2. The van der Waals surface area contributed by atoms with Gasteiger partial charge in [-0.1, -0.05) is 50.9 Å². The molecule has 0 bridgehead atoms. The zero-order chi connectivity index (χ0) is 25.7. The minimum absolute atomic E-state index is 0.0543. The molecular formula is C29H41N3O4. The Morgan fingerprint density at radius 2 is 1.92 bits per heavy atom. The van der Waals surface area contributed by atoms with Crippen LogP contribution in [-0.2, 0) is 4.79 Å². The number of carbonyl (C=O) groups excluding carboxylic acids is 2. The van der Waals surface area contributed by atoms with E-state index in [1.807, 2.05) is 20.9 Å². The lowest BCUT2D eigenvalue weighted by Crippen LogP contribution is -2.51. The quantitative estimate of drug-likeness (QED) is 0.627. The molecule has 0 spiro atoms. The lowest BCUT2D eigenvalue weighted by molar-refractivity contribution is -0.136. The van der Waals surface area contributed by atoms with Crippen LogP contribution in [0.15, 0.2) is 12.3 Å². The number of pyridine rings is 1. The summed E-state index contributed by atoms with van der Waals surface area (Å²) in [5.74, 6) is 7.24. The molecule has 0 aromatic carbocycles. The number of ether oxygens (including phenoxy) is 1. The second kappa shape index (κ2) is 12.1. The SMILES string of the molecule is C[C@H]1CN([C@@H](C)CO)C(=O)c2cc(C#CC3CCCC3)cnc2O[C@@H]1CN(C)C(=O)C1CCCCC1. The first-order valence-electron chi connectivity index (χ1n) is 13.7. The molecule has 0 saturated heterocycles. The molecule has 1 aromatic heterocycles. The summed E-state index contributed by atoms with van der Waals surface area (Å²) in [6.07, 6.45) is 11.4. The van der Waals surface area contributed by atoms with Crippen LogP contribution >= 0.6 is 0 Å². The van der Waals surface area contributed by atoms with Gasteiger partial charge >= 0.3 is 0 Å². The normalized spacial score (nSPS) is 24.1. The van der Waals surface area contributed by atoms with E-state index in [2.05, 4.69) is 16.8 Å². The topological polar surface area (TPSA) is 83.0 Å². The Kier molecular flexibility index (Phi) is 8.90. The van der Waals surface area contributed by atoms with Crippen molar-refractivity contribution < 1.29 is 19.4 Å². The molecule has 7 heteroatoms. The van der Waals surface area contributed by atoms with Crippen LogP contribution in [0.5, 0.6) is 5.88 Å². The standard InChI is InChI=1S/C29H41N3O4/c1-20-17-32(21(2)19-33)29(35)25-15-23(14-13-22-9-7-8-10-22)16-30-27(25)36-26(20)18-31(3)28(34)24-11-5-4-6-12-24/h15-16,20-22,24,26,33H,4-12,17-19H2,1-3H3/t20-,21-,26+/m0/s1. The Balaban J connectivity index is 1.59. The molecule has 7 nitrogen and oxygen atoms in total. The monoisotopic (exact) mass is 495 g/mol. The molecule has 2 amide bonds. The maximum absolute atomic E-state index is 13.6. The highest BCUT2D eigenvalue weighted by Gasteiger charge is 2.35. The molecule has 0 unspecified atom stereocenters. The number of fused-ring (bicyclic) bond motifs is 1. The number of aliphatic hydroxyl groups is 1. The summed E-state index contributed by atoms with van der Waals surface area (Å²) < 4.78 is 6.36. The molecule has 0 radical (unpaired) electrons. The summed E-state index contributed by atoms with van der Waals surface area (Å²) in [4.78, 5) is 34.7. The van der Waals surface area contributed by atoms with Gasteiger partial charge in [0.2, 0.25) is 11.8 Å². The summed E-state index contributed by atoms with van der Waals surface area (Å²) in [7, 11) is 1.85. The van der Waals surface area contributed by atoms with E-state index in [9.17, 15) is 14.7 Å². The fourth-order valence-electron chi connectivity index (χ4n) is 5.67. The van der Waals surface area contributed by atoms with E-state index < -0.39 is 0 Å². The first-order chi connectivity index (χ1) is 17.4. The third kappa shape index (κ3) is 6.21. The minimum atomic E-state index is -0.346. The van der Waals surface area contributed by atoms with Gasteiger partial charge in [-0.3, -0.25) is 9.59 Å².